The van der Waals surface area contributed by atoms with E-state index in [2.05, 4.69) is 60.4 Å². The summed E-state index contributed by atoms with van der Waals surface area (Å²) in [5.74, 6) is 0.730. The molecule has 4 heterocycles. The zero-order chi connectivity index (χ0) is 24.9. The zero-order valence-electron chi connectivity index (χ0n) is 20.4. The fourth-order valence-electron chi connectivity index (χ4n) is 3.00. The van der Waals surface area contributed by atoms with Gasteiger partial charge >= 0.3 is 0 Å². The van der Waals surface area contributed by atoms with Crippen molar-refractivity contribution >= 4 is 68.3 Å². The summed E-state index contributed by atoms with van der Waals surface area (Å²) >= 11 is 6.46. The minimum absolute atomic E-state index is 0.0717. The van der Waals surface area contributed by atoms with E-state index in [1.165, 1.54) is 9.75 Å². The highest BCUT2D eigenvalue weighted by atomic mass is 32.2. The molecule has 0 aliphatic carbocycles. The lowest BCUT2D eigenvalue weighted by atomic mass is 9.96. The van der Waals surface area contributed by atoms with Crippen molar-refractivity contribution in [3.05, 3.63) is 44.8 Å². The predicted molar refractivity (Wildman–Crippen MR) is 149 cm³/mol. The van der Waals surface area contributed by atoms with Crippen LogP contribution in [0.25, 0.3) is 0 Å². The van der Waals surface area contributed by atoms with Crippen molar-refractivity contribution in [1.82, 2.24) is 10.6 Å². The lowest BCUT2D eigenvalue weighted by Gasteiger charge is -2.22. The van der Waals surface area contributed by atoms with Gasteiger partial charge in [0.1, 0.15) is 9.49 Å². The Morgan fingerprint density at radius 3 is 1.41 bits per heavy atom. The first-order chi connectivity index (χ1) is 16.0. The molecule has 2 N–H and O–H groups in total. The first-order valence-corrected chi connectivity index (χ1v) is 14.6. The number of hydrogen-bond acceptors (Lipinski definition) is 8. The van der Waals surface area contributed by atoms with Crippen molar-refractivity contribution in [1.29, 1.82) is 0 Å². The fourth-order valence-corrected chi connectivity index (χ4v) is 6.36. The maximum atomic E-state index is 11.9. The lowest BCUT2D eigenvalue weighted by Crippen LogP contribution is -2.38. The number of carbonyl (C=O) groups is 2. The van der Waals surface area contributed by atoms with Crippen molar-refractivity contribution in [3.8, 4) is 0 Å². The molecule has 184 valence electrons. The van der Waals surface area contributed by atoms with Crippen LogP contribution < -0.4 is 10.6 Å². The van der Waals surface area contributed by atoms with Crippen LogP contribution in [0.4, 0.5) is 0 Å². The van der Waals surface area contributed by atoms with Crippen LogP contribution in [-0.4, -0.2) is 31.6 Å². The molecule has 0 spiro atoms. The molecule has 2 saturated heterocycles. The van der Waals surface area contributed by atoms with E-state index < -0.39 is 0 Å². The minimum atomic E-state index is -0.381. The van der Waals surface area contributed by atoms with Crippen LogP contribution in [-0.2, 0) is 22.7 Å². The van der Waals surface area contributed by atoms with E-state index in [0.717, 1.165) is 10.3 Å². The third-order valence-corrected chi connectivity index (χ3v) is 10.8. The largest absolute Gasteiger partial charge is 0.304 e. The summed E-state index contributed by atoms with van der Waals surface area (Å²) in [6.07, 6.45) is 0. The molecule has 6 nitrogen and oxygen atoms in total. The standard InChI is InChI=1S/2C12H16N2OS2/c2*1-8(2)12(3)10(15)14-11(17-12)13-7-9-5-4-6-16-9/h2*4-6,8H,7H2,1-3H3,(H,13,14,15)/t2*12-/m10/s1. The molecule has 0 bridgehead atoms. The Balaban J connectivity index is 0.000000191. The molecular weight excluding hydrogens is 505 g/mol. The number of thiophene rings is 2. The molecule has 10 heteroatoms. The Kier molecular flexibility index (Phi) is 9.05. The summed E-state index contributed by atoms with van der Waals surface area (Å²) in [4.78, 5) is 35.1. The van der Waals surface area contributed by atoms with E-state index in [9.17, 15) is 9.59 Å². The van der Waals surface area contributed by atoms with Gasteiger partial charge in [-0.15, -0.1) is 22.7 Å². The Morgan fingerprint density at radius 1 is 0.765 bits per heavy atom. The third kappa shape index (κ3) is 6.33. The van der Waals surface area contributed by atoms with E-state index in [0.29, 0.717) is 24.9 Å². The second-order valence-corrected chi connectivity index (χ2v) is 14.0. The van der Waals surface area contributed by atoms with Gasteiger partial charge in [-0.25, -0.2) is 0 Å². The molecule has 2 aromatic rings. The summed E-state index contributed by atoms with van der Waals surface area (Å²) in [6.45, 7) is 13.5. The SMILES string of the molecule is CC(C)[C@@]1(C)SC(=NCc2cccs2)NC1=O.CC(C)[C@]1(C)SC(=NCc2cccs2)NC1=O. The molecule has 0 unspecified atom stereocenters. The van der Waals surface area contributed by atoms with Gasteiger partial charge < -0.3 is 10.6 Å². The van der Waals surface area contributed by atoms with Gasteiger partial charge in [0.05, 0.1) is 13.1 Å². The molecule has 2 atom stereocenters. The minimum Gasteiger partial charge on any atom is -0.304 e. The van der Waals surface area contributed by atoms with Gasteiger partial charge in [0.15, 0.2) is 10.3 Å². The summed E-state index contributed by atoms with van der Waals surface area (Å²) in [6, 6.07) is 8.13. The van der Waals surface area contributed by atoms with Crippen LogP contribution in [0.1, 0.15) is 51.3 Å². The first kappa shape index (κ1) is 27.0. The van der Waals surface area contributed by atoms with E-state index >= 15 is 0 Å². The van der Waals surface area contributed by atoms with Crippen molar-refractivity contribution in [2.45, 2.75) is 64.1 Å². The smallest absolute Gasteiger partial charge is 0.242 e. The summed E-state index contributed by atoms with van der Waals surface area (Å²) in [5, 5.41) is 11.3. The number of hydrogen-bond donors (Lipinski definition) is 2. The van der Waals surface area contributed by atoms with E-state index in [1.54, 1.807) is 46.2 Å². The number of nitrogens with one attached hydrogen (secondary N) is 2. The summed E-state index contributed by atoms with van der Waals surface area (Å²) < 4.78 is -0.761. The first-order valence-electron chi connectivity index (χ1n) is 11.2. The van der Waals surface area contributed by atoms with Crippen molar-refractivity contribution in [2.75, 3.05) is 0 Å². The topological polar surface area (TPSA) is 82.9 Å². The molecule has 2 aromatic heterocycles. The Hall–Kier alpha value is -1.62. The Labute approximate surface area is 218 Å². The van der Waals surface area contributed by atoms with Crippen LogP contribution in [0, 0.1) is 11.8 Å². The Bertz CT molecular complexity index is 963. The number of rotatable bonds is 6. The monoisotopic (exact) mass is 536 g/mol. The summed E-state index contributed by atoms with van der Waals surface area (Å²) in [7, 11) is 0. The van der Waals surface area contributed by atoms with Gasteiger partial charge in [-0.3, -0.25) is 19.6 Å². The average molecular weight is 537 g/mol. The quantitative estimate of drug-likeness (QED) is 0.491. The molecular formula is C24H32N4O2S4. The molecule has 2 fully saturated rings. The van der Waals surface area contributed by atoms with Crippen LogP contribution >= 0.6 is 46.2 Å². The highest BCUT2D eigenvalue weighted by Crippen LogP contribution is 2.39. The summed E-state index contributed by atoms with van der Waals surface area (Å²) in [5.41, 5.74) is 0. The van der Waals surface area contributed by atoms with Crippen LogP contribution in [0.3, 0.4) is 0 Å². The second-order valence-electron chi connectivity index (χ2n) is 9.04. The average Bonchev–Trinajstić information content (AvgIpc) is 3.56. The van der Waals surface area contributed by atoms with Gasteiger partial charge in [0, 0.05) is 9.75 Å². The predicted octanol–water partition coefficient (Wildman–Crippen LogP) is 5.76. The van der Waals surface area contributed by atoms with E-state index in [1.807, 2.05) is 36.7 Å². The van der Waals surface area contributed by atoms with Crippen molar-refractivity contribution in [2.24, 2.45) is 21.8 Å². The highest BCUT2D eigenvalue weighted by molar-refractivity contribution is 8.16. The van der Waals surface area contributed by atoms with Gasteiger partial charge in [-0.05, 0) is 48.6 Å². The molecule has 4 rings (SSSR count). The molecule has 2 aliphatic heterocycles. The number of thioether (sulfide) groups is 2. The number of carbonyl (C=O) groups excluding carboxylic acids is 2. The van der Waals surface area contributed by atoms with Crippen LogP contribution in [0.5, 0.6) is 0 Å². The maximum absolute atomic E-state index is 11.9. The second kappa shape index (κ2) is 11.4. The third-order valence-electron chi connectivity index (χ3n) is 6.08. The number of amidine groups is 2. The molecule has 0 saturated carbocycles. The zero-order valence-corrected chi connectivity index (χ0v) is 23.6. The van der Waals surface area contributed by atoms with Crippen molar-refractivity contribution in [3.63, 3.8) is 0 Å². The fraction of sp³-hybridized carbons (Fsp3) is 0.500. The van der Waals surface area contributed by atoms with Crippen LogP contribution in [0.15, 0.2) is 45.0 Å². The maximum Gasteiger partial charge on any atom is 0.242 e. The van der Waals surface area contributed by atoms with Gasteiger partial charge in [0.2, 0.25) is 11.8 Å². The molecule has 0 aromatic carbocycles. The van der Waals surface area contributed by atoms with Crippen molar-refractivity contribution < 1.29 is 9.59 Å². The molecule has 0 radical (unpaired) electrons. The highest BCUT2D eigenvalue weighted by Gasteiger charge is 2.45. The molecule has 2 aliphatic rings. The number of amides is 2. The number of nitrogens with zero attached hydrogens (tertiary/aromatic N) is 2. The van der Waals surface area contributed by atoms with Crippen LogP contribution in [0.2, 0.25) is 0 Å². The number of aliphatic imine (C=N–C) groups is 2. The van der Waals surface area contributed by atoms with Gasteiger partial charge in [-0.1, -0.05) is 63.4 Å². The lowest BCUT2D eigenvalue weighted by molar-refractivity contribution is -0.122. The van der Waals surface area contributed by atoms with Gasteiger partial charge in [0.25, 0.3) is 0 Å². The van der Waals surface area contributed by atoms with E-state index in [4.69, 9.17) is 0 Å². The van der Waals surface area contributed by atoms with E-state index in [-0.39, 0.29) is 21.3 Å². The normalized spacial score (nSPS) is 26.8. The van der Waals surface area contributed by atoms with Gasteiger partial charge in [-0.2, -0.15) is 0 Å². The Morgan fingerprint density at radius 2 is 1.15 bits per heavy atom. The molecule has 34 heavy (non-hydrogen) atoms. The molecule has 2 amide bonds.